The van der Waals surface area contributed by atoms with Crippen LogP contribution in [0.4, 0.5) is 0 Å². The third-order valence-electron chi connectivity index (χ3n) is 2.04. The van der Waals surface area contributed by atoms with Crippen LogP contribution in [0.15, 0.2) is 0 Å². The molecule has 6 N–H and O–H groups in total. The molecule has 0 saturated heterocycles. The molecule has 0 saturated carbocycles. The Balaban J connectivity index is 0. The van der Waals surface area contributed by atoms with Gasteiger partial charge >= 0.3 is 11.9 Å². The highest BCUT2D eigenvalue weighted by Gasteiger charge is 2.09. The number of hydrogen-bond donors (Lipinski definition) is 4. The monoisotopic (exact) mass is 248 g/mol. The quantitative estimate of drug-likeness (QED) is 0.470. The highest BCUT2D eigenvalue weighted by atomic mass is 16.4. The lowest BCUT2D eigenvalue weighted by Crippen LogP contribution is -2.29. The molecule has 102 valence electrons. The maximum atomic E-state index is 10.2. The Morgan fingerprint density at radius 3 is 2.06 bits per heavy atom. The van der Waals surface area contributed by atoms with E-state index in [9.17, 15) is 9.59 Å². The van der Waals surface area contributed by atoms with Crippen LogP contribution in [-0.4, -0.2) is 34.7 Å². The molecule has 0 aliphatic heterocycles. The van der Waals surface area contributed by atoms with Gasteiger partial charge in [0.15, 0.2) is 0 Å². The number of unbranched alkanes of at least 4 members (excludes halogenated alkanes) is 3. The molecule has 0 aliphatic carbocycles. The van der Waals surface area contributed by atoms with Crippen LogP contribution in [0.5, 0.6) is 0 Å². The number of nitrogens with two attached hydrogens (primary N) is 2. The summed E-state index contributed by atoms with van der Waals surface area (Å²) in [5, 5.41) is 16.2. The average molecular weight is 248 g/mol. The Morgan fingerprint density at radius 2 is 1.76 bits per heavy atom. The van der Waals surface area contributed by atoms with E-state index < -0.39 is 18.0 Å². The minimum atomic E-state index is -0.888. The van der Waals surface area contributed by atoms with Crippen molar-refractivity contribution in [3.8, 4) is 0 Å². The summed E-state index contributed by atoms with van der Waals surface area (Å²) in [5.74, 6) is -1.72. The van der Waals surface area contributed by atoms with Crippen molar-refractivity contribution in [3.63, 3.8) is 0 Å². The Bertz CT molecular complexity index is 210. The maximum absolute atomic E-state index is 10.2. The number of carboxylic acid groups (broad SMARTS) is 2. The first kappa shape index (κ1) is 18.2. The van der Waals surface area contributed by atoms with Gasteiger partial charge in [-0.15, -0.1) is 0 Å². The summed E-state index contributed by atoms with van der Waals surface area (Å²) in [4.78, 5) is 19.8. The van der Waals surface area contributed by atoms with Gasteiger partial charge in [-0.2, -0.15) is 0 Å². The third kappa shape index (κ3) is 17.5. The zero-order chi connectivity index (χ0) is 13.7. The maximum Gasteiger partial charge on any atom is 0.320 e. The van der Waals surface area contributed by atoms with E-state index in [1.54, 1.807) is 0 Å². The highest BCUT2D eigenvalue weighted by Crippen LogP contribution is 2.03. The Morgan fingerprint density at radius 1 is 1.18 bits per heavy atom. The second-order valence-corrected chi connectivity index (χ2v) is 3.73. The summed E-state index contributed by atoms with van der Waals surface area (Å²) in [7, 11) is 0. The molecule has 0 heterocycles. The van der Waals surface area contributed by atoms with E-state index in [2.05, 4.69) is 6.92 Å². The second kappa shape index (κ2) is 12.9. The van der Waals surface area contributed by atoms with Crippen molar-refractivity contribution in [1.29, 1.82) is 0 Å². The van der Waals surface area contributed by atoms with Gasteiger partial charge in [0.1, 0.15) is 6.04 Å². The molecule has 0 aliphatic rings. The Hall–Kier alpha value is -1.14. The van der Waals surface area contributed by atoms with Crippen molar-refractivity contribution in [3.05, 3.63) is 0 Å². The van der Waals surface area contributed by atoms with Crippen molar-refractivity contribution in [2.24, 2.45) is 11.5 Å². The number of carbonyl (C=O) groups is 2. The predicted octanol–water partition coefficient (Wildman–Crippen LogP) is 0.789. The molecule has 1 unspecified atom stereocenters. The molecule has 0 amide bonds. The largest absolute Gasteiger partial charge is 0.481 e. The lowest BCUT2D eigenvalue weighted by Gasteiger charge is -2.04. The van der Waals surface area contributed by atoms with Gasteiger partial charge in [0.2, 0.25) is 0 Å². The molecule has 1 atom stereocenters. The number of rotatable bonds is 8. The van der Waals surface area contributed by atoms with Crippen LogP contribution in [0, 0.1) is 0 Å². The molecule has 0 fully saturated rings. The third-order valence-corrected chi connectivity index (χ3v) is 2.04. The molecular weight excluding hydrogens is 224 g/mol. The van der Waals surface area contributed by atoms with Crippen LogP contribution in [-0.2, 0) is 9.59 Å². The molecule has 0 aromatic heterocycles. The van der Waals surface area contributed by atoms with E-state index in [0.29, 0.717) is 6.42 Å². The first-order valence-corrected chi connectivity index (χ1v) is 5.85. The Kier molecular flexibility index (Phi) is 13.9. The van der Waals surface area contributed by atoms with Crippen LogP contribution >= 0.6 is 0 Å². The SMILES string of the molecule is CCCCCCC(N)C(=O)O.NCCC(=O)O. The summed E-state index contributed by atoms with van der Waals surface area (Å²) in [5.41, 5.74) is 10.1. The zero-order valence-corrected chi connectivity index (χ0v) is 10.4. The Labute approximate surface area is 102 Å². The number of carboxylic acids is 2. The van der Waals surface area contributed by atoms with Crippen molar-refractivity contribution < 1.29 is 19.8 Å². The summed E-state index contributed by atoms with van der Waals surface area (Å²) >= 11 is 0. The van der Waals surface area contributed by atoms with Crippen LogP contribution in [0.1, 0.15) is 45.4 Å². The summed E-state index contributed by atoms with van der Waals surface area (Å²) in [6.07, 6.45) is 5.04. The molecule has 0 spiro atoms. The smallest absolute Gasteiger partial charge is 0.320 e. The van der Waals surface area contributed by atoms with Gasteiger partial charge in [-0.05, 0) is 6.42 Å². The molecule has 6 nitrogen and oxygen atoms in total. The minimum absolute atomic E-state index is 0.0694. The van der Waals surface area contributed by atoms with Crippen LogP contribution in [0.25, 0.3) is 0 Å². The van der Waals surface area contributed by atoms with Crippen molar-refractivity contribution in [2.75, 3.05) is 6.54 Å². The number of aliphatic carboxylic acids is 2. The van der Waals surface area contributed by atoms with E-state index >= 15 is 0 Å². The molecule has 0 rings (SSSR count). The van der Waals surface area contributed by atoms with Crippen LogP contribution < -0.4 is 11.5 Å². The summed E-state index contributed by atoms with van der Waals surface area (Å²) in [6.45, 7) is 2.35. The number of hydrogen-bond acceptors (Lipinski definition) is 4. The molecule has 6 heteroatoms. The topological polar surface area (TPSA) is 127 Å². The summed E-state index contributed by atoms with van der Waals surface area (Å²) in [6, 6.07) is -0.660. The van der Waals surface area contributed by atoms with Gasteiger partial charge in [-0.3, -0.25) is 9.59 Å². The van der Waals surface area contributed by atoms with Crippen molar-refractivity contribution >= 4 is 11.9 Å². The molecule has 0 aromatic carbocycles. The first-order valence-electron chi connectivity index (χ1n) is 5.85. The standard InChI is InChI=1S/C8H17NO2.C3H7NO2/c1-2-3-4-5-6-7(9)8(10)11;4-2-1-3(5)6/h7H,2-6,9H2,1H3,(H,10,11);1-2,4H2,(H,5,6). The van der Waals surface area contributed by atoms with E-state index in [1.807, 2.05) is 0 Å². The fourth-order valence-corrected chi connectivity index (χ4v) is 1.04. The van der Waals surface area contributed by atoms with Gasteiger partial charge in [0, 0.05) is 6.54 Å². The second-order valence-electron chi connectivity index (χ2n) is 3.73. The van der Waals surface area contributed by atoms with Crippen molar-refractivity contribution in [2.45, 2.75) is 51.5 Å². The fourth-order valence-electron chi connectivity index (χ4n) is 1.04. The lowest BCUT2D eigenvalue weighted by molar-refractivity contribution is -0.139. The van der Waals surface area contributed by atoms with Crippen molar-refractivity contribution in [1.82, 2.24) is 0 Å². The first-order chi connectivity index (χ1) is 7.95. The fraction of sp³-hybridized carbons (Fsp3) is 0.818. The molecule has 17 heavy (non-hydrogen) atoms. The minimum Gasteiger partial charge on any atom is -0.481 e. The van der Waals surface area contributed by atoms with E-state index in [-0.39, 0.29) is 13.0 Å². The van der Waals surface area contributed by atoms with Gasteiger partial charge < -0.3 is 21.7 Å². The van der Waals surface area contributed by atoms with E-state index in [0.717, 1.165) is 12.8 Å². The normalized spacial score (nSPS) is 11.2. The highest BCUT2D eigenvalue weighted by molar-refractivity contribution is 5.72. The van der Waals surface area contributed by atoms with E-state index in [1.165, 1.54) is 12.8 Å². The van der Waals surface area contributed by atoms with Crippen LogP contribution in [0.3, 0.4) is 0 Å². The summed E-state index contributed by atoms with van der Waals surface area (Å²) < 4.78 is 0. The van der Waals surface area contributed by atoms with Gasteiger partial charge in [-0.25, -0.2) is 0 Å². The zero-order valence-electron chi connectivity index (χ0n) is 10.4. The molecule has 0 radical (unpaired) electrons. The molecular formula is C11H24N2O4. The molecule has 0 bridgehead atoms. The van der Waals surface area contributed by atoms with Gasteiger partial charge in [-0.1, -0.05) is 32.6 Å². The van der Waals surface area contributed by atoms with Gasteiger partial charge in [0.25, 0.3) is 0 Å². The molecule has 0 aromatic rings. The van der Waals surface area contributed by atoms with Crippen LogP contribution in [0.2, 0.25) is 0 Å². The predicted molar refractivity (Wildman–Crippen MR) is 65.7 cm³/mol. The van der Waals surface area contributed by atoms with E-state index in [4.69, 9.17) is 21.7 Å². The van der Waals surface area contributed by atoms with Gasteiger partial charge in [0.05, 0.1) is 6.42 Å². The lowest BCUT2D eigenvalue weighted by atomic mass is 10.1. The average Bonchev–Trinajstić information content (AvgIpc) is 2.24.